The first kappa shape index (κ1) is 19.2. The number of piperidine rings is 1. The maximum atomic E-state index is 13.6. The standard InChI is InChI=1S/C20H21Cl2FN2O/c21-17-11-18(22)19(23)10-16(17)20(26)24-12-14-6-2-3-7-15(14)13-25-8-4-1-5-9-25/h2-3,6-7,10-11H,1,4-5,8-9,12-13H2,(H,24,26). The Bertz CT molecular complexity index is 791. The highest BCUT2D eigenvalue weighted by Gasteiger charge is 2.16. The lowest BCUT2D eigenvalue weighted by atomic mass is 10.0. The molecule has 0 spiro atoms. The number of rotatable bonds is 5. The Hall–Kier alpha value is -1.62. The minimum absolute atomic E-state index is 0.0853. The van der Waals surface area contributed by atoms with Gasteiger partial charge in [-0.05, 0) is 49.2 Å². The molecule has 0 saturated carbocycles. The van der Waals surface area contributed by atoms with Crippen molar-refractivity contribution in [1.82, 2.24) is 10.2 Å². The van der Waals surface area contributed by atoms with Gasteiger partial charge in [0.15, 0.2) is 0 Å². The number of hydrogen-bond acceptors (Lipinski definition) is 2. The van der Waals surface area contributed by atoms with Crippen LogP contribution in [-0.2, 0) is 13.1 Å². The van der Waals surface area contributed by atoms with Gasteiger partial charge in [0.1, 0.15) is 5.82 Å². The van der Waals surface area contributed by atoms with Crippen LogP contribution in [0.15, 0.2) is 36.4 Å². The van der Waals surface area contributed by atoms with Gasteiger partial charge in [0.25, 0.3) is 5.91 Å². The number of amides is 1. The second-order valence-electron chi connectivity index (χ2n) is 6.53. The van der Waals surface area contributed by atoms with E-state index in [1.807, 2.05) is 18.2 Å². The predicted octanol–water partition coefficient (Wildman–Crippen LogP) is 5.05. The highest BCUT2D eigenvalue weighted by atomic mass is 35.5. The quantitative estimate of drug-likeness (QED) is 0.719. The fourth-order valence-corrected chi connectivity index (χ4v) is 3.68. The van der Waals surface area contributed by atoms with Gasteiger partial charge in [-0.3, -0.25) is 9.69 Å². The summed E-state index contributed by atoms with van der Waals surface area (Å²) in [6.07, 6.45) is 3.77. The van der Waals surface area contributed by atoms with E-state index in [0.29, 0.717) is 6.54 Å². The van der Waals surface area contributed by atoms with E-state index < -0.39 is 11.7 Å². The third-order valence-corrected chi connectivity index (χ3v) is 5.26. The van der Waals surface area contributed by atoms with Crippen molar-refractivity contribution in [1.29, 1.82) is 0 Å². The number of hydrogen-bond donors (Lipinski definition) is 1. The number of nitrogens with zero attached hydrogens (tertiary/aromatic N) is 1. The van der Waals surface area contributed by atoms with Crippen molar-refractivity contribution >= 4 is 29.1 Å². The van der Waals surface area contributed by atoms with E-state index in [-0.39, 0.29) is 15.6 Å². The van der Waals surface area contributed by atoms with Crippen molar-refractivity contribution < 1.29 is 9.18 Å². The number of carbonyl (C=O) groups is 1. The van der Waals surface area contributed by atoms with Gasteiger partial charge in [-0.15, -0.1) is 0 Å². The zero-order valence-electron chi connectivity index (χ0n) is 14.4. The molecular formula is C20H21Cl2FN2O. The number of nitrogens with one attached hydrogen (secondary N) is 1. The summed E-state index contributed by atoms with van der Waals surface area (Å²) in [5.74, 6) is -1.08. The van der Waals surface area contributed by atoms with Gasteiger partial charge in [0.05, 0.1) is 15.6 Å². The first-order chi connectivity index (χ1) is 12.5. The summed E-state index contributed by atoms with van der Waals surface area (Å²) >= 11 is 11.7. The van der Waals surface area contributed by atoms with E-state index in [1.54, 1.807) is 0 Å². The number of carbonyl (C=O) groups excluding carboxylic acids is 1. The third-order valence-electron chi connectivity index (χ3n) is 4.66. The molecule has 3 rings (SSSR count). The number of likely N-dealkylation sites (tertiary alicyclic amines) is 1. The Kier molecular flexibility index (Phi) is 6.52. The molecule has 3 nitrogen and oxygen atoms in total. The maximum absolute atomic E-state index is 13.6. The summed E-state index contributed by atoms with van der Waals surface area (Å²) in [6.45, 7) is 3.46. The van der Waals surface area contributed by atoms with Crippen LogP contribution in [0.3, 0.4) is 0 Å². The molecule has 0 radical (unpaired) electrons. The van der Waals surface area contributed by atoms with E-state index in [0.717, 1.165) is 31.3 Å². The Morgan fingerprint density at radius 2 is 1.73 bits per heavy atom. The van der Waals surface area contributed by atoms with Crippen LogP contribution in [0.25, 0.3) is 0 Å². The topological polar surface area (TPSA) is 32.3 Å². The lowest BCUT2D eigenvalue weighted by Gasteiger charge is -2.27. The van der Waals surface area contributed by atoms with Crippen molar-refractivity contribution in [2.75, 3.05) is 13.1 Å². The molecule has 1 heterocycles. The zero-order chi connectivity index (χ0) is 18.5. The number of benzene rings is 2. The largest absolute Gasteiger partial charge is 0.348 e. The van der Waals surface area contributed by atoms with E-state index in [4.69, 9.17) is 23.2 Å². The van der Waals surface area contributed by atoms with Gasteiger partial charge in [-0.1, -0.05) is 53.9 Å². The van der Waals surface area contributed by atoms with Crippen molar-refractivity contribution in [2.24, 2.45) is 0 Å². The molecule has 138 valence electrons. The molecule has 0 aliphatic carbocycles. The van der Waals surface area contributed by atoms with Gasteiger partial charge in [-0.2, -0.15) is 0 Å². The Balaban J connectivity index is 1.68. The normalized spacial score (nSPS) is 15.0. The minimum atomic E-state index is -0.660. The molecule has 1 saturated heterocycles. The van der Waals surface area contributed by atoms with Crippen molar-refractivity contribution in [3.63, 3.8) is 0 Å². The highest BCUT2D eigenvalue weighted by Crippen LogP contribution is 2.24. The Morgan fingerprint density at radius 1 is 1.04 bits per heavy atom. The van der Waals surface area contributed by atoms with E-state index >= 15 is 0 Å². The van der Waals surface area contributed by atoms with Crippen LogP contribution in [0.5, 0.6) is 0 Å². The second kappa shape index (κ2) is 8.85. The Labute approximate surface area is 163 Å². The minimum Gasteiger partial charge on any atom is -0.348 e. The van der Waals surface area contributed by atoms with Crippen LogP contribution >= 0.6 is 23.2 Å². The molecule has 1 fully saturated rings. The summed E-state index contributed by atoms with van der Waals surface area (Å²) in [4.78, 5) is 14.8. The molecule has 1 N–H and O–H groups in total. The van der Waals surface area contributed by atoms with Crippen LogP contribution in [0.2, 0.25) is 10.0 Å². The molecule has 0 atom stereocenters. The summed E-state index contributed by atoms with van der Waals surface area (Å²) < 4.78 is 13.6. The molecule has 6 heteroatoms. The second-order valence-corrected chi connectivity index (χ2v) is 7.35. The third kappa shape index (κ3) is 4.76. The summed E-state index contributed by atoms with van der Waals surface area (Å²) in [5, 5.41) is 2.86. The molecule has 0 unspecified atom stereocenters. The van der Waals surface area contributed by atoms with Crippen LogP contribution in [0.4, 0.5) is 4.39 Å². The average molecular weight is 395 g/mol. The molecule has 0 bridgehead atoms. The first-order valence-corrected chi connectivity index (χ1v) is 9.52. The lowest BCUT2D eigenvalue weighted by molar-refractivity contribution is 0.0950. The van der Waals surface area contributed by atoms with Crippen molar-refractivity contribution in [3.8, 4) is 0 Å². The first-order valence-electron chi connectivity index (χ1n) is 8.76. The molecule has 1 aliphatic heterocycles. The molecule has 1 amide bonds. The fourth-order valence-electron chi connectivity index (χ4n) is 3.21. The van der Waals surface area contributed by atoms with E-state index in [1.165, 1.54) is 30.9 Å². The van der Waals surface area contributed by atoms with Gasteiger partial charge in [0.2, 0.25) is 0 Å². The van der Waals surface area contributed by atoms with Crippen molar-refractivity contribution in [3.05, 3.63) is 69.0 Å². The smallest absolute Gasteiger partial charge is 0.253 e. The van der Waals surface area contributed by atoms with Crippen LogP contribution in [0.1, 0.15) is 40.7 Å². The van der Waals surface area contributed by atoms with Gasteiger partial charge in [-0.25, -0.2) is 4.39 Å². The SMILES string of the molecule is O=C(NCc1ccccc1CN1CCCCC1)c1cc(F)c(Cl)cc1Cl. The molecule has 1 aliphatic rings. The molecule has 26 heavy (non-hydrogen) atoms. The summed E-state index contributed by atoms with van der Waals surface area (Å²) in [7, 11) is 0. The summed E-state index contributed by atoms with van der Waals surface area (Å²) in [5.41, 5.74) is 2.34. The summed E-state index contributed by atoms with van der Waals surface area (Å²) in [6, 6.07) is 10.4. The fraction of sp³-hybridized carbons (Fsp3) is 0.350. The highest BCUT2D eigenvalue weighted by molar-refractivity contribution is 6.36. The predicted molar refractivity (Wildman–Crippen MR) is 103 cm³/mol. The van der Waals surface area contributed by atoms with Crippen LogP contribution < -0.4 is 5.32 Å². The molecule has 2 aromatic carbocycles. The molecular weight excluding hydrogens is 374 g/mol. The Morgan fingerprint density at radius 3 is 2.46 bits per heavy atom. The zero-order valence-corrected chi connectivity index (χ0v) is 15.9. The molecule has 2 aromatic rings. The van der Waals surface area contributed by atoms with Gasteiger partial charge in [0, 0.05) is 13.1 Å². The maximum Gasteiger partial charge on any atom is 0.253 e. The monoisotopic (exact) mass is 394 g/mol. The number of halogens is 3. The van der Waals surface area contributed by atoms with Crippen molar-refractivity contribution in [2.45, 2.75) is 32.4 Å². The van der Waals surface area contributed by atoms with Crippen LogP contribution in [0, 0.1) is 5.82 Å². The van der Waals surface area contributed by atoms with E-state index in [9.17, 15) is 9.18 Å². The van der Waals surface area contributed by atoms with Crippen LogP contribution in [-0.4, -0.2) is 23.9 Å². The van der Waals surface area contributed by atoms with Gasteiger partial charge >= 0.3 is 0 Å². The molecule has 0 aromatic heterocycles. The van der Waals surface area contributed by atoms with E-state index in [2.05, 4.69) is 16.3 Å². The van der Waals surface area contributed by atoms with Gasteiger partial charge < -0.3 is 5.32 Å². The average Bonchev–Trinajstić information content (AvgIpc) is 2.64. The lowest BCUT2D eigenvalue weighted by Crippen LogP contribution is -2.30.